The molecule has 2 heteroatoms. The lowest BCUT2D eigenvalue weighted by Gasteiger charge is -2.10. The van der Waals surface area contributed by atoms with Crippen molar-refractivity contribution in [3.05, 3.63) is 12.2 Å². The number of ether oxygens (including phenoxy) is 1. The normalized spacial score (nSPS) is 13.2. The Morgan fingerprint density at radius 1 is 1.54 bits per heavy atom. The van der Waals surface area contributed by atoms with Gasteiger partial charge in [0, 0.05) is 0 Å². The molecule has 0 radical (unpaired) electrons. The number of allylic oxidation sites excluding steroid dienone is 2. The molecule has 0 fully saturated rings. The van der Waals surface area contributed by atoms with Crippen LogP contribution in [0.25, 0.3) is 0 Å². The van der Waals surface area contributed by atoms with Gasteiger partial charge in [0.15, 0.2) is 0 Å². The molecule has 2 nitrogen and oxygen atoms in total. The van der Waals surface area contributed by atoms with E-state index in [2.05, 4.69) is 6.08 Å². The second-order valence-corrected chi connectivity index (χ2v) is 3.13. The molecule has 0 rings (SSSR count). The smallest absolute Gasteiger partial charge is 0.308 e. The lowest BCUT2D eigenvalue weighted by atomic mass is 9.99. The van der Waals surface area contributed by atoms with Crippen molar-refractivity contribution in [3.63, 3.8) is 0 Å². The predicted octanol–water partition coefficient (Wildman–Crippen LogP) is 2.93. The molecule has 0 aliphatic carbocycles. The largest absolute Gasteiger partial charge is 0.469 e. The molecule has 0 amide bonds. The lowest BCUT2D eigenvalue weighted by molar-refractivity contribution is -0.145. The third-order valence-corrected chi connectivity index (χ3v) is 2.19. The molecule has 0 aliphatic heterocycles. The lowest BCUT2D eigenvalue weighted by Crippen LogP contribution is -2.15. The molecule has 0 aromatic rings. The Morgan fingerprint density at radius 2 is 2.23 bits per heavy atom. The van der Waals surface area contributed by atoms with Crippen molar-refractivity contribution in [1.82, 2.24) is 0 Å². The van der Waals surface area contributed by atoms with E-state index in [-0.39, 0.29) is 11.9 Å². The van der Waals surface area contributed by atoms with E-state index in [0.29, 0.717) is 0 Å². The Balaban J connectivity index is 3.65. The summed E-state index contributed by atoms with van der Waals surface area (Å²) in [5.74, 6) is 0.0261. The monoisotopic (exact) mass is 184 g/mol. The summed E-state index contributed by atoms with van der Waals surface area (Å²) in [6.45, 7) is 4.04. The number of esters is 1. The highest BCUT2D eigenvalue weighted by Gasteiger charge is 2.15. The number of carbonyl (C=O) groups excluding carboxylic acids is 1. The molecule has 0 aliphatic rings. The highest BCUT2D eigenvalue weighted by molar-refractivity contribution is 5.72. The van der Waals surface area contributed by atoms with Crippen LogP contribution in [0.3, 0.4) is 0 Å². The fourth-order valence-corrected chi connectivity index (χ4v) is 1.30. The zero-order chi connectivity index (χ0) is 10.1. The highest BCUT2D eigenvalue weighted by atomic mass is 16.5. The minimum Gasteiger partial charge on any atom is -0.469 e. The zero-order valence-corrected chi connectivity index (χ0v) is 8.88. The summed E-state index contributed by atoms with van der Waals surface area (Å²) >= 11 is 0. The minimum absolute atomic E-state index is 0.0667. The van der Waals surface area contributed by atoms with E-state index < -0.39 is 0 Å². The van der Waals surface area contributed by atoms with Gasteiger partial charge in [-0.05, 0) is 32.6 Å². The van der Waals surface area contributed by atoms with E-state index in [0.717, 1.165) is 25.7 Å². The van der Waals surface area contributed by atoms with Crippen LogP contribution >= 0.6 is 0 Å². The van der Waals surface area contributed by atoms with Crippen LogP contribution < -0.4 is 0 Å². The molecule has 13 heavy (non-hydrogen) atoms. The summed E-state index contributed by atoms with van der Waals surface area (Å²) in [7, 11) is 1.46. The van der Waals surface area contributed by atoms with Gasteiger partial charge in [0.1, 0.15) is 0 Å². The van der Waals surface area contributed by atoms with Crippen molar-refractivity contribution < 1.29 is 9.53 Å². The molecule has 1 unspecified atom stereocenters. The maximum atomic E-state index is 11.2. The Morgan fingerprint density at radius 3 is 2.69 bits per heavy atom. The molecule has 0 saturated heterocycles. The van der Waals surface area contributed by atoms with Crippen molar-refractivity contribution in [2.75, 3.05) is 7.11 Å². The number of rotatable bonds is 6. The Hall–Kier alpha value is -0.790. The van der Waals surface area contributed by atoms with E-state index in [4.69, 9.17) is 4.74 Å². The number of hydrogen-bond donors (Lipinski definition) is 0. The van der Waals surface area contributed by atoms with Crippen LogP contribution in [-0.4, -0.2) is 13.1 Å². The second-order valence-electron chi connectivity index (χ2n) is 3.13. The summed E-state index contributed by atoms with van der Waals surface area (Å²) in [4.78, 5) is 11.2. The van der Waals surface area contributed by atoms with E-state index in [1.165, 1.54) is 7.11 Å². The quantitative estimate of drug-likeness (QED) is 0.360. The van der Waals surface area contributed by atoms with E-state index >= 15 is 0 Å². The number of carbonyl (C=O) groups is 1. The molecule has 0 spiro atoms. The van der Waals surface area contributed by atoms with Gasteiger partial charge in [0.2, 0.25) is 0 Å². The maximum Gasteiger partial charge on any atom is 0.308 e. The van der Waals surface area contributed by atoms with Gasteiger partial charge < -0.3 is 4.74 Å². The third kappa shape index (κ3) is 5.45. The van der Waals surface area contributed by atoms with Gasteiger partial charge in [0.05, 0.1) is 13.0 Å². The van der Waals surface area contributed by atoms with Gasteiger partial charge in [0.25, 0.3) is 0 Å². The number of methoxy groups -OCH3 is 1. The molecule has 0 heterocycles. The van der Waals surface area contributed by atoms with Crippen LogP contribution in [0.1, 0.15) is 39.5 Å². The average Bonchev–Trinajstić information content (AvgIpc) is 2.17. The Bertz CT molecular complexity index is 161. The number of unbranched alkanes of at least 4 members (excludes halogenated alkanes) is 1. The molecular formula is C11H20O2. The first-order valence-corrected chi connectivity index (χ1v) is 4.95. The summed E-state index contributed by atoms with van der Waals surface area (Å²) in [5, 5.41) is 0. The average molecular weight is 184 g/mol. The van der Waals surface area contributed by atoms with Crippen molar-refractivity contribution in [1.29, 1.82) is 0 Å². The zero-order valence-electron chi connectivity index (χ0n) is 8.88. The van der Waals surface area contributed by atoms with Gasteiger partial charge in [-0.25, -0.2) is 0 Å². The molecule has 1 atom stereocenters. The van der Waals surface area contributed by atoms with Crippen LogP contribution in [0.4, 0.5) is 0 Å². The highest BCUT2D eigenvalue weighted by Crippen LogP contribution is 2.14. The van der Waals surface area contributed by atoms with Gasteiger partial charge in [-0.15, -0.1) is 0 Å². The minimum atomic E-state index is -0.0667. The van der Waals surface area contributed by atoms with Crippen molar-refractivity contribution in [2.45, 2.75) is 39.5 Å². The van der Waals surface area contributed by atoms with E-state index in [1.54, 1.807) is 0 Å². The summed E-state index contributed by atoms with van der Waals surface area (Å²) in [6, 6.07) is 0. The van der Waals surface area contributed by atoms with E-state index in [1.807, 2.05) is 19.9 Å². The van der Waals surface area contributed by atoms with Crippen molar-refractivity contribution in [3.8, 4) is 0 Å². The molecule has 76 valence electrons. The molecule has 0 N–H and O–H groups in total. The Kier molecular flexibility index (Phi) is 7.36. The first kappa shape index (κ1) is 12.2. The fraction of sp³-hybridized carbons (Fsp3) is 0.727. The Labute approximate surface area is 81.0 Å². The van der Waals surface area contributed by atoms with Gasteiger partial charge >= 0.3 is 5.97 Å². The molecule has 0 bridgehead atoms. The topological polar surface area (TPSA) is 26.3 Å². The van der Waals surface area contributed by atoms with Crippen LogP contribution in [0, 0.1) is 5.92 Å². The standard InChI is InChI=1S/C11H20O2/c1-4-6-7-8-9-10(5-2)11(12)13-3/h4,6,10H,5,7-9H2,1-3H3/b6-4+. The maximum absolute atomic E-state index is 11.2. The first-order valence-electron chi connectivity index (χ1n) is 4.95. The molecule has 0 aromatic carbocycles. The molecular weight excluding hydrogens is 164 g/mol. The first-order chi connectivity index (χ1) is 6.26. The number of hydrogen-bond acceptors (Lipinski definition) is 2. The van der Waals surface area contributed by atoms with Crippen LogP contribution in [0.5, 0.6) is 0 Å². The van der Waals surface area contributed by atoms with Gasteiger partial charge in [-0.1, -0.05) is 19.1 Å². The van der Waals surface area contributed by atoms with Gasteiger partial charge in [-0.3, -0.25) is 4.79 Å². The summed E-state index contributed by atoms with van der Waals surface area (Å²) in [6.07, 6.45) is 8.11. The van der Waals surface area contributed by atoms with Crippen LogP contribution in [0.15, 0.2) is 12.2 Å². The SMILES string of the molecule is C/C=C/CCCC(CC)C(=O)OC. The summed E-state index contributed by atoms with van der Waals surface area (Å²) in [5.41, 5.74) is 0. The fourth-order valence-electron chi connectivity index (χ4n) is 1.30. The van der Waals surface area contributed by atoms with Gasteiger partial charge in [-0.2, -0.15) is 0 Å². The second kappa shape index (κ2) is 7.84. The van der Waals surface area contributed by atoms with Crippen molar-refractivity contribution in [2.24, 2.45) is 5.92 Å². The van der Waals surface area contributed by atoms with Crippen molar-refractivity contribution >= 4 is 5.97 Å². The molecule has 0 aromatic heterocycles. The third-order valence-electron chi connectivity index (χ3n) is 2.19. The predicted molar refractivity (Wildman–Crippen MR) is 54.5 cm³/mol. The molecule has 0 saturated carbocycles. The van der Waals surface area contributed by atoms with Crippen LogP contribution in [-0.2, 0) is 9.53 Å². The summed E-state index contributed by atoms with van der Waals surface area (Å²) < 4.78 is 4.70. The van der Waals surface area contributed by atoms with Crippen LogP contribution in [0.2, 0.25) is 0 Å². The van der Waals surface area contributed by atoms with E-state index in [9.17, 15) is 4.79 Å².